The Bertz CT molecular complexity index is 1300. The fraction of sp³-hybridized carbons (Fsp3) is 0.320. The second-order valence-corrected chi connectivity index (χ2v) is 8.44. The van der Waals surface area contributed by atoms with Crippen LogP contribution in [-0.2, 0) is 7.05 Å². The molecule has 7 nitrogen and oxygen atoms in total. The van der Waals surface area contributed by atoms with E-state index >= 15 is 0 Å². The number of pyridine rings is 1. The van der Waals surface area contributed by atoms with E-state index in [1.165, 1.54) is 16.8 Å². The lowest BCUT2D eigenvalue weighted by Gasteiger charge is -2.37. The van der Waals surface area contributed by atoms with E-state index in [4.69, 9.17) is 9.40 Å². The van der Waals surface area contributed by atoms with Gasteiger partial charge in [-0.2, -0.15) is 5.10 Å². The predicted molar refractivity (Wildman–Crippen MR) is 125 cm³/mol. The molecular weight excluding hydrogens is 402 g/mol. The first-order valence-corrected chi connectivity index (χ1v) is 10.9. The van der Waals surface area contributed by atoms with Gasteiger partial charge in [0.1, 0.15) is 5.69 Å². The van der Waals surface area contributed by atoms with E-state index in [0.717, 1.165) is 24.2 Å². The number of aromatic nitrogens is 3. The van der Waals surface area contributed by atoms with E-state index in [0.29, 0.717) is 35.8 Å². The summed E-state index contributed by atoms with van der Waals surface area (Å²) >= 11 is 0. The number of hydrogen-bond donors (Lipinski definition) is 0. The van der Waals surface area contributed by atoms with Crippen molar-refractivity contribution in [1.29, 1.82) is 0 Å². The first-order chi connectivity index (χ1) is 15.4. The van der Waals surface area contributed by atoms with Gasteiger partial charge >= 0.3 is 0 Å². The summed E-state index contributed by atoms with van der Waals surface area (Å²) in [6.07, 6.45) is 1.61. The van der Waals surface area contributed by atoms with Gasteiger partial charge in [-0.15, -0.1) is 0 Å². The van der Waals surface area contributed by atoms with Crippen LogP contribution in [0.25, 0.3) is 22.5 Å². The lowest BCUT2D eigenvalue weighted by molar-refractivity contribution is 0.0748. The topological polar surface area (TPSA) is 67.4 Å². The Kier molecular flexibility index (Phi) is 4.96. The highest BCUT2D eigenvalue weighted by atomic mass is 16.3. The molecule has 1 aliphatic rings. The number of anilines is 1. The van der Waals surface area contributed by atoms with Crippen LogP contribution in [0.15, 0.2) is 47.1 Å². The number of fused-ring (bicyclic) bond motifs is 1. The van der Waals surface area contributed by atoms with Crippen LogP contribution in [0.3, 0.4) is 0 Å². The van der Waals surface area contributed by atoms with E-state index in [9.17, 15) is 4.79 Å². The number of rotatable bonds is 3. The zero-order valence-electron chi connectivity index (χ0n) is 18.9. The largest absolute Gasteiger partial charge is 0.463 e. The third-order valence-electron chi connectivity index (χ3n) is 6.46. The molecule has 1 saturated heterocycles. The summed E-state index contributed by atoms with van der Waals surface area (Å²) in [5, 5.41) is 5.33. The molecule has 0 spiro atoms. The quantitative estimate of drug-likeness (QED) is 0.490. The summed E-state index contributed by atoms with van der Waals surface area (Å²) in [4.78, 5) is 22.7. The maximum atomic E-state index is 13.7. The number of carbonyl (C=O) groups is 1. The standard InChI is InChI=1S/C25H27N5O2/c1-16-7-5-8-21(17(16)2)29-10-12-30(13-11-29)25(31)19-15-20(22-9-6-14-32-22)26-24-23(19)18(3)27-28(24)4/h5-9,14-15H,10-13H2,1-4H3. The summed E-state index contributed by atoms with van der Waals surface area (Å²) in [5.74, 6) is 0.654. The van der Waals surface area contributed by atoms with Gasteiger partial charge in [0.2, 0.25) is 0 Å². The molecule has 1 aromatic carbocycles. The van der Waals surface area contributed by atoms with Crippen molar-refractivity contribution >= 4 is 22.6 Å². The van der Waals surface area contributed by atoms with Gasteiger partial charge in [-0.1, -0.05) is 12.1 Å². The third kappa shape index (κ3) is 3.34. The fourth-order valence-electron chi connectivity index (χ4n) is 4.56. The maximum Gasteiger partial charge on any atom is 0.254 e. The molecule has 164 valence electrons. The van der Waals surface area contributed by atoms with Crippen molar-refractivity contribution in [3.63, 3.8) is 0 Å². The number of carbonyl (C=O) groups excluding carboxylic acids is 1. The summed E-state index contributed by atoms with van der Waals surface area (Å²) in [6.45, 7) is 9.18. The van der Waals surface area contributed by atoms with E-state index in [1.54, 1.807) is 10.9 Å². The molecule has 1 fully saturated rings. The summed E-state index contributed by atoms with van der Waals surface area (Å²) in [5.41, 5.74) is 6.61. The number of aryl methyl sites for hydroxylation is 3. The molecule has 0 unspecified atom stereocenters. The minimum atomic E-state index is 0.0157. The van der Waals surface area contributed by atoms with Crippen LogP contribution < -0.4 is 4.90 Å². The van der Waals surface area contributed by atoms with Crippen molar-refractivity contribution in [2.45, 2.75) is 20.8 Å². The summed E-state index contributed by atoms with van der Waals surface area (Å²) in [6, 6.07) is 11.9. The van der Waals surface area contributed by atoms with E-state index in [2.05, 4.69) is 42.0 Å². The van der Waals surface area contributed by atoms with Gasteiger partial charge < -0.3 is 14.2 Å². The Hall–Kier alpha value is -3.61. The minimum absolute atomic E-state index is 0.0157. The van der Waals surface area contributed by atoms with E-state index in [-0.39, 0.29) is 5.91 Å². The Balaban J connectivity index is 1.46. The van der Waals surface area contributed by atoms with Gasteiger partial charge in [-0.3, -0.25) is 9.48 Å². The van der Waals surface area contributed by atoms with Gasteiger partial charge in [-0.25, -0.2) is 4.98 Å². The van der Waals surface area contributed by atoms with E-state index in [1.807, 2.05) is 37.1 Å². The van der Waals surface area contributed by atoms with Gasteiger partial charge in [0.15, 0.2) is 11.4 Å². The molecule has 0 aliphatic carbocycles. The number of piperazine rings is 1. The molecule has 7 heteroatoms. The average molecular weight is 430 g/mol. The zero-order chi connectivity index (χ0) is 22.4. The van der Waals surface area contributed by atoms with Gasteiger partial charge in [-0.05, 0) is 56.2 Å². The maximum absolute atomic E-state index is 13.7. The third-order valence-corrected chi connectivity index (χ3v) is 6.46. The average Bonchev–Trinajstić information content (AvgIpc) is 3.43. The normalized spacial score (nSPS) is 14.4. The molecule has 4 aromatic rings. The van der Waals surface area contributed by atoms with Crippen molar-refractivity contribution < 1.29 is 9.21 Å². The molecule has 0 N–H and O–H groups in total. The van der Waals surface area contributed by atoms with Gasteiger partial charge in [0, 0.05) is 38.9 Å². The van der Waals surface area contributed by atoms with Crippen LogP contribution in [0.2, 0.25) is 0 Å². The number of hydrogen-bond acceptors (Lipinski definition) is 5. The molecular formula is C25H27N5O2. The first-order valence-electron chi connectivity index (χ1n) is 10.9. The van der Waals surface area contributed by atoms with Crippen molar-refractivity contribution in [1.82, 2.24) is 19.7 Å². The van der Waals surface area contributed by atoms with Crippen LogP contribution in [0.4, 0.5) is 5.69 Å². The lowest BCUT2D eigenvalue weighted by atomic mass is 10.1. The van der Waals surface area contributed by atoms with Crippen LogP contribution in [0, 0.1) is 20.8 Å². The van der Waals surface area contributed by atoms with E-state index < -0.39 is 0 Å². The van der Waals surface area contributed by atoms with Gasteiger partial charge in [0.25, 0.3) is 5.91 Å². The van der Waals surface area contributed by atoms with Gasteiger partial charge in [0.05, 0.1) is 22.9 Å². The molecule has 32 heavy (non-hydrogen) atoms. The second kappa shape index (κ2) is 7.82. The Morgan fingerprint density at radius 3 is 2.53 bits per heavy atom. The minimum Gasteiger partial charge on any atom is -0.463 e. The zero-order valence-corrected chi connectivity index (χ0v) is 18.9. The Labute approximate surface area is 187 Å². The monoisotopic (exact) mass is 429 g/mol. The molecule has 1 amide bonds. The smallest absolute Gasteiger partial charge is 0.254 e. The predicted octanol–water partition coefficient (Wildman–Crippen LogP) is 4.12. The molecule has 4 heterocycles. The fourth-order valence-corrected chi connectivity index (χ4v) is 4.56. The number of benzene rings is 1. The molecule has 1 aliphatic heterocycles. The summed E-state index contributed by atoms with van der Waals surface area (Å²) < 4.78 is 7.28. The first kappa shape index (κ1) is 20.3. The lowest BCUT2D eigenvalue weighted by Crippen LogP contribution is -2.49. The molecule has 0 radical (unpaired) electrons. The molecule has 0 bridgehead atoms. The number of nitrogens with zero attached hydrogens (tertiary/aromatic N) is 5. The molecule has 0 saturated carbocycles. The van der Waals surface area contributed by atoms with Crippen molar-refractivity contribution in [2.75, 3.05) is 31.1 Å². The molecule has 3 aromatic heterocycles. The van der Waals surface area contributed by atoms with Crippen molar-refractivity contribution in [3.05, 3.63) is 65.0 Å². The highest BCUT2D eigenvalue weighted by Gasteiger charge is 2.27. The molecule has 0 atom stereocenters. The Morgan fingerprint density at radius 2 is 1.81 bits per heavy atom. The highest BCUT2D eigenvalue weighted by molar-refractivity contribution is 6.07. The van der Waals surface area contributed by atoms with Crippen molar-refractivity contribution in [2.24, 2.45) is 7.05 Å². The Morgan fingerprint density at radius 1 is 1.03 bits per heavy atom. The van der Waals surface area contributed by atoms with Crippen molar-refractivity contribution in [3.8, 4) is 11.5 Å². The second-order valence-electron chi connectivity index (χ2n) is 8.44. The summed E-state index contributed by atoms with van der Waals surface area (Å²) in [7, 11) is 1.85. The van der Waals surface area contributed by atoms with Crippen LogP contribution in [0.1, 0.15) is 27.2 Å². The van der Waals surface area contributed by atoms with Crippen LogP contribution in [-0.4, -0.2) is 51.8 Å². The van der Waals surface area contributed by atoms with Crippen LogP contribution >= 0.6 is 0 Å². The SMILES string of the molecule is Cc1cccc(N2CCN(C(=O)c3cc(-c4ccco4)nc4c3c(C)nn4C)CC2)c1C. The number of amides is 1. The number of furan rings is 1. The molecule has 5 rings (SSSR count). The highest BCUT2D eigenvalue weighted by Crippen LogP contribution is 2.29. The van der Waals surface area contributed by atoms with Crippen LogP contribution in [0.5, 0.6) is 0 Å².